The van der Waals surface area contributed by atoms with Gasteiger partial charge >= 0.3 is 18.7 Å². The normalized spacial score (nSPS) is 18.0. The second-order valence-corrected chi connectivity index (χ2v) is 13.4. The Labute approximate surface area is 267 Å². The highest BCUT2D eigenvalue weighted by Crippen LogP contribution is 2.40. The molecule has 2 amide bonds. The van der Waals surface area contributed by atoms with E-state index in [1.54, 1.807) is 38.6 Å². The lowest BCUT2D eigenvalue weighted by Gasteiger charge is -2.51. The van der Waals surface area contributed by atoms with Gasteiger partial charge in [0.25, 0.3) is 5.91 Å². The number of alkyl halides is 2. The first-order chi connectivity index (χ1) is 21.1. The number of likely N-dealkylation sites (tertiary alicyclic amines) is 2. The molecule has 0 unspecified atom stereocenters. The Balaban J connectivity index is 1.57. The van der Waals surface area contributed by atoms with Crippen LogP contribution in [0, 0.1) is 5.41 Å². The SMILES string of the molecule is CCOC(=O)C1(CN2CCC(C(=O)Nc3ccc(Cl)cc3OC(F)F)(n3nccc3C(C)C)CC2)CN(C(=O)OC(C)(C)C)C1. The summed E-state index contributed by atoms with van der Waals surface area (Å²) in [6.07, 6.45) is 1.77. The van der Waals surface area contributed by atoms with Crippen LogP contribution in [0.4, 0.5) is 19.3 Å². The maximum Gasteiger partial charge on any atom is 0.410 e. The van der Waals surface area contributed by atoms with Crippen LogP contribution in [-0.2, 0) is 24.6 Å². The van der Waals surface area contributed by atoms with Gasteiger partial charge < -0.3 is 29.3 Å². The standard InChI is InChI=1S/C31H42ClF2N5O6/c1-7-43-26(41)30(18-38(19-30)28(42)45-29(4,5)6)17-37-14-11-31(12-15-37,39-23(20(2)3)10-13-35-39)25(40)36-22-9-8-21(32)16-24(22)44-27(33)34/h8-10,13,16,20,27H,7,11-12,14-15,17-19H2,1-6H3,(H,36,40). The van der Waals surface area contributed by atoms with Crippen LogP contribution < -0.4 is 10.1 Å². The van der Waals surface area contributed by atoms with Crippen LogP contribution in [0.15, 0.2) is 30.5 Å². The quantitative estimate of drug-likeness (QED) is 0.335. The average molecular weight is 654 g/mol. The molecular weight excluding hydrogens is 612 g/mol. The monoisotopic (exact) mass is 653 g/mol. The van der Waals surface area contributed by atoms with Gasteiger partial charge in [0.2, 0.25) is 0 Å². The summed E-state index contributed by atoms with van der Waals surface area (Å²) in [5.74, 6) is -1.03. The van der Waals surface area contributed by atoms with Crippen molar-refractivity contribution in [3.63, 3.8) is 0 Å². The average Bonchev–Trinajstić information content (AvgIpc) is 3.42. The van der Waals surface area contributed by atoms with Crippen molar-refractivity contribution in [2.45, 2.75) is 78.1 Å². The number of aromatic nitrogens is 2. The molecule has 45 heavy (non-hydrogen) atoms. The Morgan fingerprint density at radius 1 is 1.11 bits per heavy atom. The van der Waals surface area contributed by atoms with Crippen molar-refractivity contribution in [3.05, 3.63) is 41.2 Å². The Bertz CT molecular complexity index is 1380. The van der Waals surface area contributed by atoms with Crippen molar-refractivity contribution in [3.8, 4) is 5.75 Å². The van der Waals surface area contributed by atoms with Gasteiger partial charge in [-0.15, -0.1) is 0 Å². The second-order valence-electron chi connectivity index (χ2n) is 12.9. The van der Waals surface area contributed by atoms with E-state index >= 15 is 0 Å². The van der Waals surface area contributed by atoms with Crippen LogP contribution in [0.25, 0.3) is 0 Å². The molecule has 0 spiro atoms. The Kier molecular flexibility index (Phi) is 10.3. The van der Waals surface area contributed by atoms with Gasteiger partial charge in [0.1, 0.15) is 16.6 Å². The first-order valence-electron chi connectivity index (χ1n) is 15.1. The van der Waals surface area contributed by atoms with Crippen LogP contribution in [0.5, 0.6) is 5.75 Å². The van der Waals surface area contributed by atoms with Gasteiger partial charge in [-0.2, -0.15) is 13.9 Å². The van der Waals surface area contributed by atoms with Crippen molar-refractivity contribution < 1.29 is 37.4 Å². The molecule has 0 bridgehead atoms. The fourth-order valence-corrected chi connectivity index (χ4v) is 6.06. The molecule has 2 aliphatic heterocycles. The predicted octanol–water partition coefficient (Wildman–Crippen LogP) is 5.49. The third-order valence-corrected chi connectivity index (χ3v) is 8.29. The molecule has 14 heteroatoms. The zero-order chi connectivity index (χ0) is 33.2. The molecule has 248 valence electrons. The molecule has 0 radical (unpaired) electrons. The minimum Gasteiger partial charge on any atom is -0.465 e. The molecule has 2 saturated heterocycles. The lowest BCUT2D eigenvalue weighted by Crippen LogP contribution is -2.67. The topological polar surface area (TPSA) is 115 Å². The minimum absolute atomic E-state index is 0.0457. The zero-order valence-electron chi connectivity index (χ0n) is 26.6. The van der Waals surface area contributed by atoms with Gasteiger partial charge in [0.15, 0.2) is 5.75 Å². The molecule has 11 nitrogen and oxygen atoms in total. The van der Waals surface area contributed by atoms with Crippen LogP contribution >= 0.6 is 11.6 Å². The van der Waals surface area contributed by atoms with E-state index in [-0.39, 0.29) is 48.0 Å². The number of halogens is 3. The number of rotatable bonds is 10. The molecule has 2 aromatic rings. The molecule has 2 aliphatic rings. The van der Waals surface area contributed by atoms with Crippen molar-refractivity contribution >= 4 is 35.3 Å². The Hall–Kier alpha value is -3.45. The van der Waals surface area contributed by atoms with Gasteiger partial charge in [0, 0.05) is 55.7 Å². The van der Waals surface area contributed by atoms with E-state index < -0.39 is 35.2 Å². The summed E-state index contributed by atoms with van der Waals surface area (Å²) in [6, 6.07) is 5.98. The summed E-state index contributed by atoms with van der Waals surface area (Å²) in [6.45, 7) is 9.63. The lowest BCUT2D eigenvalue weighted by atomic mass is 9.78. The number of piperidine rings is 1. The third-order valence-electron chi connectivity index (χ3n) is 8.06. The van der Waals surface area contributed by atoms with E-state index in [9.17, 15) is 23.2 Å². The fraction of sp³-hybridized carbons (Fsp3) is 0.613. The molecule has 3 heterocycles. The van der Waals surface area contributed by atoms with E-state index in [1.807, 2.05) is 19.9 Å². The summed E-state index contributed by atoms with van der Waals surface area (Å²) in [7, 11) is 0. The number of nitrogens with zero attached hydrogens (tertiary/aromatic N) is 4. The number of benzene rings is 1. The molecule has 1 aromatic heterocycles. The first kappa shape index (κ1) is 34.4. The highest BCUT2D eigenvalue weighted by atomic mass is 35.5. The van der Waals surface area contributed by atoms with Crippen molar-refractivity contribution in [1.82, 2.24) is 19.6 Å². The summed E-state index contributed by atoms with van der Waals surface area (Å²) in [5, 5.41) is 7.53. The Morgan fingerprint density at radius 3 is 2.36 bits per heavy atom. The van der Waals surface area contributed by atoms with E-state index in [1.165, 1.54) is 23.1 Å². The number of hydrogen-bond acceptors (Lipinski definition) is 8. The highest BCUT2D eigenvalue weighted by Gasteiger charge is 2.55. The first-order valence-corrected chi connectivity index (χ1v) is 15.4. The number of carbonyl (C=O) groups is 3. The number of anilines is 1. The number of amides is 2. The second kappa shape index (κ2) is 13.5. The van der Waals surface area contributed by atoms with Crippen LogP contribution in [0.3, 0.4) is 0 Å². The van der Waals surface area contributed by atoms with Crippen molar-refractivity contribution in [1.29, 1.82) is 0 Å². The van der Waals surface area contributed by atoms with Gasteiger partial charge in [-0.1, -0.05) is 25.4 Å². The highest BCUT2D eigenvalue weighted by molar-refractivity contribution is 6.30. The molecule has 4 rings (SSSR count). The van der Waals surface area contributed by atoms with Crippen molar-refractivity contribution in [2.75, 3.05) is 44.6 Å². The summed E-state index contributed by atoms with van der Waals surface area (Å²) in [5.41, 5.74) is -1.87. The minimum atomic E-state index is -3.11. The lowest BCUT2D eigenvalue weighted by molar-refractivity contribution is -0.168. The molecule has 0 aliphatic carbocycles. The number of nitrogens with one attached hydrogen (secondary N) is 1. The van der Waals surface area contributed by atoms with Crippen LogP contribution in [0.1, 0.15) is 66.0 Å². The number of esters is 1. The van der Waals surface area contributed by atoms with Crippen LogP contribution in [-0.4, -0.2) is 89.1 Å². The number of ether oxygens (including phenoxy) is 3. The molecule has 1 aromatic carbocycles. The van der Waals surface area contributed by atoms with Gasteiger partial charge in [-0.25, -0.2) is 4.79 Å². The van der Waals surface area contributed by atoms with Gasteiger partial charge in [-0.05, 0) is 64.7 Å². The smallest absolute Gasteiger partial charge is 0.410 e. The van der Waals surface area contributed by atoms with E-state index in [0.717, 1.165) is 5.69 Å². The maximum absolute atomic E-state index is 14.2. The fourth-order valence-electron chi connectivity index (χ4n) is 5.90. The molecule has 1 N–H and O–H groups in total. The maximum atomic E-state index is 14.2. The summed E-state index contributed by atoms with van der Waals surface area (Å²) in [4.78, 5) is 43.6. The molecular formula is C31H42ClF2N5O6. The predicted molar refractivity (Wildman–Crippen MR) is 164 cm³/mol. The van der Waals surface area contributed by atoms with Crippen molar-refractivity contribution in [2.24, 2.45) is 5.41 Å². The largest absolute Gasteiger partial charge is 0.465 e. The van der Waals surface area contributed by atoms with Crippen LogP contribution in [0.2, 0.25) is 5.02 Å². The molecule has 2 fully saturated rings. The molecule has 0 atom stereocenters. The van der Waals surface area contributed by atoms with E-state index in [4.69, 9.17) is 21.1 Å². The summed E-state index contributed by atoms with van der Waals surface area (Å²) >= 11 is 6.01. The number of hydrogen-bond donors (Lipinski definition) is 1. The zero-order valence-corrected chi connectivity index (χ0v) is 27.3. The van der Waals surface area contributed by atoms with E-state index in [0.29, 0.717) is 32.5 Å². The van der Waals surface area contributed by atoms with Gasteiger partial charge in [0.05, 0.1) is 12.3 Å². The van der Waals surface area contributed by atoms with E-state index in [2.05, 4.69) is 20.1 Å². The number of carbonyl (C=O) groups excluding carboxylic acids is 3. The Morgan fingerprint density at radius 2 is 1.78 bits per heavy atom. The summed E-state index contributed by atoms with van der Waals surface area (Å²) < 4.78 is 43.6. The molecule has 0 saturated carbocycles. The third kappa shape index (κ3) is 7.69. The van der Waals surface area contributed by atoms with Gasteiger partial charge in [-0.3, -0.25) is 14.3 Å².